The lowest BCUT2D eigenvalue weighted by Gasteiger charge is -2.21. The van der Waals surface area contributed by atoms with Gasteiger partial charge in [0.1, 0.15) is 43.4 Å². The largest absolute Gasteiger partial charge is 0.443 e. The normalized spacial score (nSPS) is 17.6. The summed E-state index contributed by atoms with van der Waals surface area (Å²) in [6, 6.07) is -1.93. The van der Waals surface area contributed by atoms with Gasteiger partial charge < -0.3 is 43.8 Å². The van der Waals surface area contributed by atoms with Crippen molar-refractivity contribution in [3.05, 3.63) is 42.9 Å². The van der Waals surface area contributed by atoms with Crippen molar-refractivity contribution >= 4 is 17.7 Å². The molecule has 3 amide bonds. The molecule has 43 heavy (non-hydrogen) atoms. The first-order valence-corrected chi connectivity index (χ1v) is 13.2. The lowest BCUT2D eigenvalue weighted by Crippen LogP contribution is -2.52. The van der Waals surface area contributed by atoms with E-state index in [0.717, 1.165) is 0 Å². The van der Waals surface area contributed by atoms with E-state index >= 15 is 0 Å². The van der Waals surface area contributed by atoms with E-state index in [1.165, 1.54) is 38.2 Å². The third-order valence-corrected chi connectivity index (χ3v) is 6.40. The molecule has 5 N–H and O–H groups in total. The Kier molecular flexibility index (Phi) is 7.52. The fraction of sp³-hybridized carbons (Fsp3) is 0.308. The highest BCUT2D eigenvalue weighted by Gasteiger charge is 2.27. The van der Waals surface area contributed by atoms with Gasteiger partial charge in [-0.15, -0.1) is 0 Å². The highest BCUT2D eigenvalue weighted by Crippen LogP contribution is 2.28. The number of fused-ring (bicyclic) bond motifs is 14. The van der Waals surface area contributed by atoms with Crippen LogP contribution in [0.5, 0.6) is 0 Å². The Balaban J connectivity index is 1.30. The van der Waals surface area contributed by atoms with Crippen LogP contribution in [-0.4, -0.2) is 61.3 Å². The Morgan fingerprint density at radius 3 is 1.79 bits per heavy atom. The van der Waals surface area contributed by atoms with Gasteiger partial charge in [-0.3, -0.25) is 14.4 Å². The van der Waals surface area contributed by atoms with Gasteiger partial charge in [-0.05, 0) is 32.7 Å². The molecule has 0 radical (unpaired) electrons. The van der Waals surface area contributed by atoms with E-state index in [0.29, 0.717) is 37.2 Å². The minimum absolute atomic E-state index is 0.0153. The highest BCUT2D eigenvalue weighted by atomic mass is 16.4. The third-order valence-electron chi connectivity index (χ3n) is 6.40. The average molecular weight is 592 g/mol. The van der Waals surface area contributed by atoms with Crippen LogP contribution in [-0.2, 0) is 16.1 Å². The number of amides is 3. The van der Waals surface area contributed by atoms with Crippen LogP contribution >= 0.6 is 0 Å². The predicted octanol–water partition coefficient (Wildman–Crippen LogP) is 1.66. The van der Waals surface area contributed by atoms with Crippen LogP contribution < -0.4 is 21.7 Å². The van der Waals surface area contributed by atoms with Crippen LogP contribution in [0.3, 0.4) is 0 Å². The zero-order chi connectivity index (χ0) is 29.9. The molecule has 17 nitrogen and oxygen atoms in total. The Labute approximate surface area is 241 Å². The standard InChI is InChI=1S/C26H25N9O8/c1-12-19(36)31-14(4-2-3-5-27)20(37)28-6-13-7-39-22(30-13)15-8-40-23(32-15)16-9-41-24(33-16)17-10-42-25(34-17)18-11-43-26(35-18)21(38)29-12/h7-12,14H,2-6,27H2,1H3,(H,28,37)(H,29,38)(H,31,36). The molecule has 0 aromatic carbocycles. The van der Waals surface area contributed by atoms with Crippen molar-refractivity contribution in [2.75, 3.05) is 6.54 Å². The SMILES string of the molecule is CC1NC(=O)c2nc(co2)-c2nc(co2)-c2nc(co2)-c2nc(co2)-c2nc(co2)CNC(=O)C(CCCCN)NC1=O. The van der Waals surface area contributed by atoms with E-state index in [2.05, 4.69) is 40.9 Å². The van der Waals surface area contributed by atoms with Crippen LogP contribution in [0.15, 0.2) is 53.4 Å². The second-order valence-corrected chi connectivity index (χ2v) is 9.55. The van der Waals surface area contributed by atoms with Crippen molar-refractivity contribution in [1.29, 1.82) is 0 Å². The van der Waals surface area contributed by atoms with Crippen LogP contribution in [0.1, 0.15) is 42.6 Å². The van der Waals surface area contributed by atoms with E-state index in [4.69, 9.17) is 27.8 Å². The monoisotopic (exact) mass is 591 g/mol. The molecule has 1 aliphatic heterocycles. The summed E-state index contributed by atoms with van der Waals surface area (Å²) >= 11 is 0. The second-order valence-electron chi connectivity index (χ2n) is 9.55. The van der Waals surface area contributed by atoms with Crippen LogP contribution in [0.25, 0.3) is 46.3 Å². The van der Waals surface area contributed by atoms with Gasteiger partial charge in [0, 0.05) is 0 Å². The molecule has 0 fully saturated rings. The number of unbranched alkanes of at least 4 members (excludes halogenated alkanes) is 1. The number of hydrogen-bond acceptors (Lipinski definition) is 14. The second kappa shape index (κ2) is 11.7. The van der Waals surface area contributed by atoms with Crippen molar-refractivity contribution in [3.63, 3.8) is 0 Å². The molecule has 10 bridgehead atoms. The Morgan fingerprint density at radius 1 is 0.698 bits per heavy atom. The molecule has 2 atom stereocenters. The summed E-state index contributed by atoms with van der Waals surface area (Å²) in [5, 5.41) is 7.95. The van der Waals surface area contributed by atoms with Gasteiger partial charge >= 0.3 is 5.91 Å². The summed E-state index contributed by atoms with van der Waals surface area (Å²) in [6.45, 7) is 1.92. The minimum atomic E-state index is -1.03. The first-order valence-electron chi connectivity index (χ1n) is 13.2. The van der Waals surface area contributed by atoms with Crippen LogP contribution in [0.2, 0.25) is 0 Å². The number of nitrogens with one attached hydrogen (secondary N) is 3. The van der Waals surface area contributed by atoms with Gasteiger partial charge in [-0.1, -0.05) is 0 Å². The maximum Gasteiger partial charge on any atom is 0.307 e. The summed E-state index contributed by atoms with van der Waals surface area (Å²) in [6.07, 6.45) is 8.09. The number of carbonyl (C=O) groups is 3. The number of carbonyl (C=O) groups excluding carboxylic acids is 3. The first kappa shape index (κ1) is 27.6. The molecule has 222 valence electrons. The van der Waals surface area contributed by atoms with Crippen molar-refractivity contribution in [1.82, 2.24) is 40.9 Å². The number of nitrogens with two attached hydrogens (primary N) is 1. The lowest BCUT2D eigenvalue weighted by atomic mass is 10.1. The van der Waals surface area contributed by atoms with Gasteiger partial charge in [-0.25, -0.2) is 19.9 Å². The number of oxazole rings is 5. The zero-order valence-corrected chi connectivity index (χ0v) is 22.7. The Hall–Kier alpha value is -5.58. The minimum Gasteiger partial charge on any atom is -0.443 e. The van der Waals surface area contributed by atoms with Gasteiger partial charge in [0.05, 0.1) is 12.2 Å². The number of hydrogen-bond donors (Lipinski definition) is 4. The summed E-state index contributed by atoms with van der Waals surface area (Å²) in [5.41, 5.74) is 6.93. The summed E-state index contributed by atoms with van der Waals surface area (Å²) < 4.78 is 27.3. The van der Waals surface area contributed by atoms with Crippen molar-refractivity contribution in [3.8, 4) is 46.3 Å². The quantitative estimate of drug-likeness (QED) is 0.217. The van der Waals surface area contributed by atoms with Crippen LogP contribution in [0, 0.1) is 0 Å². The predicted molar refractivity (Wildman–Crippen MR) is 142 cm³/mol. The fourth-order valence-electron chi connectivity index (χ4n) is 4.13. The third kappa shape index (κ3) is 5.91. The molecule has 5 aromatic heterocycles. The average Bonchev–Trinajstić information content (AvgIpc) is 3.83. The molecule has 1 aliphatic rings. The molecule has 6 heterocycles. The maximum atomic E-state index is 13.1. The zero-order valence-electron chi connectivity index (χ0n) is 22.7. The molecular weight excluding hydrogens is 566 g/mol. The molecule has 0 aliphatic carbocycles. The summed E-state index contributed by atoms with van der Waals surface area (Å²) in [5.74, 6) is -1.70. The first-order chi connectivity index (χ1) is 20.9. The van der Waals surface area contributed by atoms with Gasteiger partial charge in [-0.2, -0.15) is 4.98 Å². The number of rotatable bonds is 4. The molecule has 6 rings (SSSR count). The summed E-state index contributed by atoms with van der Waals surface area (Å²) in [4.78, 5) is 60.2. The Bertz CT molecular complexity index is 1760. The lowest BCUT2D eigenvalue weighted by molar-refractivity contribution is -0.130. The van der Waals surface area contributed by atoms with E-state index in [1.54, 1.807) is 0 Å². The topological polar surface area (TPSA) is 243 Å². The molecule has 0 saturated heterocycles. The number of aromatic nitrogens is 5. The molecule has 2 unspecified atom stereocenters. The number of nitrogens with zero attached hydrogens (tertiary/aromatic N) is 5. The van der Waals surface area contributed by atoms with Crippen LogP contribution in [0.4, 0.5) is 0 Å². The van der Waals surface area contributed by atoms with Gasteiger partial charge in [0.15, 0.2) is 22.8 Å². The smallest absolute Gasteiger partial charge is 0.307 e. The van der Waals surface area contributed by atoms with Crippen molar-refractivity contribution in [2.45, 2.75) is 44.8 Å². The highest BCUT2D eigenvalue weighted by molar-refractivity contribution is 5.95. The molecular formula is C26H25N9O8. The van der Waals surface area contributed by atoms with Crippen molar-refractivity contribution < 1.29 is 36.5 Å². The summed E-state index contributed by atoms with van der Waals surface area (Å²) in [7, 11) is 0. The fourth-order valence-corrected chi connectivity index (χ4v) is 4.13. The van der Waals surface area contributed by atoms with E-state index in [-0.39, 0.29) is 53.1 Å². The van der Waals surface area contributed by atoms with E-state index in [9.17, 15) is 14.4 Å². The Morgan fingerprint density at radius 2 is 1.21 bits per heavy atom. The van der Waals surface area contributed by atoms with Crippen molar-refractivity contribution in [2.24, 2.45) is 5.73 Å². The molecule has 5 aromatic rings. The van der Waals surface area contributed by atoms with E-state index in [1.807, 2.05) is 0 Å². The van der Waals surface area contributed by atoms with Gasteiger partial charge in [0.25, 0.3) is 5.89 Å². The molecule has 0 saturated carbocycles. The maximum absolute atomic E-state index is 13.1. The molecule has 17 heteroatoms. The van der Waals surface area contributed by atoms with E-state index < -0.39 is 29.8 Å². The van der Waals surface area contributed by atoms with Gasteiger partial charge in [0.2, 0.25) is 35.4 Å². The molecule has 0 spiro atoms.